The summed E-state index contributed by atoms with van der Waals surface area (Å²) in [7, 11) is 1.65. The highest BCUT2D eigenvalue weighted by atomic mass is 16.6. The third-order valence-electron chi connectivity index (χ3n) is 4.03. The van der Waals surface area contributed by atoms with Gasteiger partial charge in [0.1, 0.15) is 5.75 Å². The normalized spacial score (nSPS) is 15.9. The monoisotopic (exact) mass is 335 g/mol. The van der Waals surface area contributed by atoms with E-state index in [1.54, 1.807) is 12.0 Å². The number of carbonyl (C=O) groups is 1. The average molecular weight is 335 g/mol. The fourth-order valence-electron chi connectivity index (χ4n) is 2.78. The molecule has 1 heterocycles. The van der Waals surface area contributed by atoms with Gasteiger partial charge in [0.05, 0.1) is 25.4 Å². The Kier molecular flexibility index (Phi) is 5.19. The summed E-state index contributed by atoms with van der Waals surface area (Å²) in [5.74, 6) is 0.816. The molecule has 1 aliphatic rings. The van der Waals surface area contributed by atoms with Crippen LogP contribution in [-0.4, -0.2) is 25.9 Å². The Balaban J connectivity index is 1.88. The maximum atomic E-state index is 12.5. The summed E-state index contributed by atoms with van der Waals surface area (Å²) in [5, 5.41) is 0. The number of methoxy groups -OCH3 is 1. The van der Waals surface area contributed by atoms with E-state index in [0.29, 0.717) is 6.61 Å². The zero-order chi connectivity index (χ0) is 17.6. The second-order valence-corrected chi connectivity index (χ2v) is 5.61. The zero-order valence-corrected chi connectivity index (χ0v) is 14.4. The molecular weight excluding hydrogens is 314 g/mol. The van der Waals surface area contributed by atoms with Gasteiger partial charge in [0.2, 0.25) is 0 Å². The molecule has 0 saturated carbocycles. The van der Waals surface area contributed by atoms with Crippen molar-refractivity contribution in [1.82, 2.24) is 0 Å². The molecule has 128 valence electrons. The summed E-state index contributed by atoms with van der Waals surface area (Å²) >= 11 is 0. The molecule has 4 nitrogen and oxygen atoms in total. The van der Waals surface area contributed by atoms with Crippen LogP contribution in [-0.2, 0) is 4.74 Å². The standard InChI is InChI=1S/C21H21NO3/c1-3-25-21(23)22-18(13-11-17-6-4-5-7-20(17)22)12-8-16-9-14-19(24-2)15-10-16/h4-15,18H,3H2,1-2H3/b12-8+/t18-/m0/s1. The SMILES string of the molecule is CCOC(=O)N1c2ccccc2C=C[C@@H]1/C=C/c1ccc(OC)cc1. The second-order valence-electron chi connectivity index (χ2n) is 5.61. The number of benzene rings is 2. The van der Waals surface area contributed by atoms with Crippen LogP contribution in [0.5, 0.6) is 5.75 Å². The highest BCUT2D eigenvalue weighted by Gasteiger charge is 2.27. The molecule has 0 spiro atoms. The minimum atomic E-state index is -0.344. The summed E-state index contributed by atoms with van der Waals surface area (Å²) in [4.78, 5) is 14.2. The molecule has 1 aliphatic heterocycles. The Morgan fingerprint density at radius 1 is 1.16 bits per heavy atom. The van der Waals surface area contributed by atoms with E-state index in [9.17, 15) is 4.79 Å². The van der Waals surface area contributed by atoms with Crippen LogP contribution < -0.4 is 9.64 Å². The lowest BCUT2D eigenvalue weighted by atomic mass is 10.0. The highest BCUT2D eigenvalue weighted by Crippen LogP contribution is 2.30. The van der Waals surface area contributed by atoms with Gasteiger partial charge in [-0.25, -0.2) is 4.79 Å². The Labute approximate surface area is 148 Å². The van der Waals surface area contributed by atoms with Gasteiger partial charge in [0.25, 0.3) is 0 Å². The molecule has 4 heteroatoms. The lowest BCUT2D eigenvalue weighted by molar-refractivity contribution is 0.159. The number of fused-ring (bicyclic) bond motifs is 1. The van der Waals surface area contributed by atoms with Gasteiger partial charge in [-0.3, -0.25) is 4.90 Å². The highest BCUT2D eigenvalue weighted by molar-refractivity contribution is 5.94. The Bertz CT molecular complexity index is 793. The van der Waals surface area contributed by atoms with E-state index in [-0.39, 0.29) is 12.1 Å². The maximum Gasteiger partial charge on any atom is 0.415 e. The van der Waals surface area contributed by atoms with Gasteiger partial charge in [-0.15, -0.1) is 0 Å². The van der Waals surface area contributed by atoms with E-state index in [2.05, 4.69) is 0 Å². The van der Waals surface area contributed by atoms with Crippen molar-refractivity contribution in [3.05, 3.63) is 71.8 Å². The van der Waals surface area contributed by atoms with E-state index >= 15 is 0 Å². The quantitative estimate of drug-likeness (QED) is 0.808. The molecule has 0 fully saturated rings. The Morgan fingerprint density at radius 2 is 1.92 bits per heavy atom. The number of hydrogen-bond acceptors (Lipinski definition) is 3. The van der Waals surface area contributed by atoms with E-state index < -0.39 is 0 Å². The largest absolute Gasteiger partial charge is 0.497 e. The van der Waals surface area contributed by atoms with Crippen LogP contribution >= 0.6 is 0 Å². The Hall–Kier alpha value is -3.01. The van der Waals surface area contributed by atoms with E-state index in [0.717, 1.165) is 22.6 Å². The molecule has 0 aliphatic carbocycles. The first-order valence-corrected chi connectivity index (χ1v) is 8.28. The lowest BCUT2D eigenvalue weighted by Crippen LogP contribution is -2.40. The van der Waals surface area contributed by atoms with Crippen molar-refractivity contribution in [3.63, 3.8) is 0 Å². The molecule has 0 bridgehead atoms. The first-order valence-electron chi connectivity index (χ1n) is 8.28. The van der Waals surface area contributed by atoms with Crippen molar-refractivity contribution in [3.8, 4) is 5.75 Å². The third kappa shape index (κ3) is 3.74. The maximum absolute atomic E-state index is 12.5. The summed E-state index contributed by atoms with van der Waals surface area (Å²) < 4.78 is 10.4. The summed E-state index contributed by atoms with van der Waals surface area (Å²) in [6, 6.07) is 15.4. The van der Waals surface area contributed by atoms with Crippen LogP contribution in [0.4, 0.5) is 10.5 Å². The van der Waals surface area contributed by atoms with Crippen LogP contribution in [0.3, 0.4) is 0 Å². The van der Waals surface area contributed by atoms with Gasteiger partial charge < -0.3 is 9.47 Å². The van der Waals surface area contributed by atoms with Gasteiger partial charge in [0.15, 0.2) is 0 Å². The number of hydrogen-bond donors (Lipinski definition) is 0. The van der Waals surface area contributed by atoms with Gasteiger partial charge in [-0.05, 0) is 36.2 Å². The molecule has 0 aromatic heterocycles. The molecular formula is C21H21NO3. The van der Waals surface area contributed by atoms with Gasteiger partial charge in [-0.2, -0.15) is 0 Å². The van der Waals surface area contributed by atoms with Gasteiger partial charge >= 0.3 is 6.09 Å². The first kappa shape index (κ1) is 16.8. The number of anilines is 1. The molecule has 2 aromatic rings. The molecule has 1 amide bonds. The summed E-state index contributed by atoms with van der Waals surface area (Å²) in [5.41, 5.74) is 2.90. The number of rotatable bonds is 4. The van der Waals surface area contributed by atoms with Crippen LogP contribution in [0, 0.1) is 0 Å². The van der Waals surface area contributed by atoms with Crippen molar-refractivity contribution in [2.75, 3.05) is 18.6 Å². The topological polar surface area (TPSA) is 38.8 Å². The molecule has 0 unspecified atom stereocenters. The van der Waals surface area contributed by atoms with Crippen molar-refractivity contribution in [2.24, 2.45) is 0 Å². The predicted molar refractivity (Wildman–Crippen MR) is 101 cm³/mol. The molecule has 0 saturated heterocycles. The van der Waals surface area contributed by atoms with Crippen molar-refractivity contribution < 1.29 is 14.3 Å². The molecule has 25 heavy (non-hydrogen) atoms. The number of amides is 1. The molecule has 0 N–H and O–H groups in total. The third-order valence-corrected chi connectivity index (χ3v) is 4.03. The van der Waals surface area contributed by atoms with Crippen molar-refractivity contribution in [2.45, 2.75) is 13.0 Å². The van der Waals surface area contributed by atoms with Crippen LogP contribution in [0.1, 0.15) is 18.1 Å². The number of carbonyl (C=O) groups excluding carboxylic acids is 1. The van der Waals surface area contributed by atoms with Crippen LogP contribution in [0.2, 0.25) is 0 Å². The molecule has 2 aromatic carbocycles. The average Bonchev–Trinajstić information content (AvgIpc) is 2.66. The minimum absolute atomic E-state index is 0.198. The molecule has 1 atom stereocenters. The summed E-state index contributed by atoms with van der Waals surface area (Å²) in [6.07, 6.45) is 7.68. The van der Waals surface area contributed by atoms with E-state index in [1.165, 1.54) is 0 Å². The number of para-hydroxylation sites is 1. The lowest BCUT2D eigenvalue weighted by Gasteiger charge is -2.31. The van der Waals surface area contributed by atoms with E-state index in [1.807, 2.05) is 79.8 Å². The number of nitrogens with zero attached hydrogens (tertiary/aromatic N) is 1. The van der Waals surface area contributed by atoms with E-state index in [4.69, 9.17) is 9.47 Å². The predicted octanol–water partition coefficient (Wildman–Crippen LogP) is 4.77. The second kappa shape index (κ2) is 7.71. The molecule has 3 rings (SSSR count). The van der Waals surface area contributed by atoms with Gasteiger partial charge in [-0.1, -0.05) is 54.6 Å². The summed E-state index contributed by atoms with van der Waals surface area (Å²) in [6.45, 7) is 2.15. The fraction of sp³-hybridized carbons (Fsp3) is 0.190. The zero-order valence-electron chi connectivity index (χ0n) is 14.4. The number of ether oxygens (including phenoxy) is 2. The Morgan fingerprint density at radius 3 is 2.64 bits per heavy atom. The van der Waals surface area contributed by atoms with Gasteiger partial charge in [0, 0.05) is 0 Å². The van der Waals surface area contributed by atoms with Crippen LogP contribution in [0.15, 0.2) is 60.7 Å². The first-order chi connectivity index (χ1) is 12.2. The van der Waals surface area contributed by atoms with Crippen LogP contribution in [0.25, 0.3) is 12.2 Å². The van der Waals surface area contributed by atoms with Crippen molar-refractivity contribution in [1.29, 1.82) is 0 Å². The van der Waals surface area contributed by atoms with Crippen molar-refractivity contribution >= 4 is 23.9 Å². The fourth-order valence-corrected chi connectivity index (χ4v) is 2.78. The minimum Gasteiger partial charge on any atom is -0.497 e. The smallest absolute Gasteiger partial charge is 0.415 e. The molecule has 0 radical (unpaired) electrons.